The average molecular weight is 401 g/mol. The number of esters is 1. The van der Waals surface area contributed by atoms with Crippen LogP contribution in [0.25, 0.3) is 10.1 Å². The highest BCUT2D eigenvalue weighted by molar-refractivity contribution is 7.80. The maximum absolute atomic E-state index is 12.4. The molecule has 1 amide bonds. The number of hydrogen-bond donors (Lipinski definition) is 2. The van der Waals surface area contributed by atoms with Crippen molar-refractivity contribution >= 4 is 62.2 Å². The van der Waals surface area contributed by atoms with Crippen molar-refractivity contribution in [3.8, 4) is 11.5 Å². The molecular weight excluding hydrogens is 388 g/mol. The number of amides is 1. The molecule has 1 aliphatic heterocycles. The second-order valence-corrected chi connectivity index (χ2v) is 6.73. The van der Waals surface area contributed by atoms with Gasteiger partial charge in [-0.2, -0.15) is 0 Å². The van der Waals surface area contributed by atoms with Crippen LogP contribution in [0.1, 0.15) is 16.6 Å². The Hall–Kier alpha value is -2.10. The van der Waals surface area contributed by atoms with Crippen LogP contribution < -0.4 is 20.1 Å². The van der Waals surface area contributed by atoms with Gasteiger partial charge >= 0.3 is 5.97 Å². The normalized spacial score (nSPS) is 12.1. The van der Waals surface area contributed by atoms with Crippen LogP contribution in [0.3, 0.4) is 0 Å². The van der Waals surface area contributed by atoms with Gasteiger partial charge in [0.1, 0.15) is 11.4 Å². The van der Waals surface area contributed by atoms with Gasteiger partial charge in [0.2, 0.25) is 6.79 Å². The fourth-order valence-corrected chi connectivity index (χ4v) is 3.75. The average Bonchev–Trinajstić information content (AvgIpc) is 3.15. The van der Waals surface area contributed by atoms with Crippen molar-refractivity contribution in [2.45, 2.75) is 6.92 Å². The first-order valence-electron chi connectivity index (χ1n) is 7.26. The van der Waals surface area contributed by atoms with Gasteiger partial charge in [-0.3, -0.25) is 14.9 Å². The van der Waals surface area contributed by atoms with Gasteiger partial charge in [0.25, 0.3) is 5.91 Å². The first-order chi connectivity index (χ1) is 12.0. The van der Waals surface area contributed by atoms with Gasteiger partial charge < -0.3 is 19.5 Å². The fourth-order valence-electron chi connectivity index (χ4n) is 2.17. The number of benzene rings is 1. The zero-order chi connectivity index (χ0) is 18.0. The number of carbonyl (C=O) groups excluding carboxylic acids is 2. The number of halogens is 1. The van der Waals surface area contributed by atoms with E-state index < -0.39 is 11.9 Å². The predicted molar refractivity (Wildman–Crippen MR) is 97.7 cm³/mol. The molecule has 0 unspecified atom stereocenters. The van der Waals surface area contributed by atoms with Crippen molar-refractivity contribution in [2.75, 3.05) is 19.9 Å². The molecule has 2 N–H and O–H groups in total. The predicted octanol–water partition coefficient (Wildman–Crippen LogP) is 2.45. The summed E-state index contributed by atoms with van der Waals surface area (Å²) in [5, 5.41) is 6.12. The Morgan fingerprint density at radius 3 is 2.80 bits per heavy atom. The third kappa shape index (κ3) is 3.78. The number of hydrogen-bond acceptors (Lipinski definition) is 7. The minimum atomic E-state index is -0.464. The Morgan fingerprint density at radius 2 is 2.08 bits per heavy atom. The van der Waals surface area contributed by atoms with Crippen LogP contribution in [0.15, 0.2) is 12.1 Å². The quantitative estimate of drug-likeness (QED) is 0.602. The largest absolute Gasteiger partial charge is 0.465 e. The molecule has 7 nitrogen and oxygen atoms in total. The lowest BCUT2D eigenvalue weighted by atomic mass is 10.2. The van der Waals surface area contributed by atoms with Crippen LogP contribution in [-0.4, -0.2) is 36.9 Å². The highest BCUT2D eigenvalue weighted by Gasteiger charge is 2.22. The van der Waals surface area contributed by atoms with Crippen molar-refractivity contribution < 1.29 is 23.8 Å². The van der Waals surface area contributed by atoms with Gasteiger partial charge in [0.15, 0.2) is 16.6 Å². The molecule has 0 aliphatic carbocycles. The fraction of sp³-hybridized carbons (Fsp3) is 0.267. The second kappa shape index (κ2) is 7.42. The van der Waals surface area contributed by atoms with E-state index in [0.717, 1.165) is 4.70 Å². The van der Waals surface area contributed by atoms with Crippen LogP contribution >= 0.6 is 35.2 Å². The highest BCUT2D eigenvalue weighted by Crippen LogP contribution is 2.43. The molecule has 0 radical (unpaired) electrons. The summed E-state index contributed by atoms with van der Waals surface area (Å²) in [6.07, 6.45) is 0. The van der Waals surface area contributed by atoms with E-state index >= 15 is 0 Å². The molecule has 0 saturated heterocycles. The Kier molecular flexibility index (Phi) is 5.26. The molecule has 2 aromatic rings. The number of thiophene rings is 1. The Balaban J connectivity index is 1.71. The maximum Gasteiger partial charge on any atom is 0.325 e. The van der Waals surface area contributed by atoms with E-state index in [-0.39, 0.29) is 25.1 Å². The number of nitrogens with one attached hydrogen (secondary N) is 2. The molecule has 25 heavy (non-hydrogen) atoms. The molecule has 0 fully saturated rings. The zero-order valence-corrected chi connectivity index (χ0v) is 15.4. The first-order valence-corrected chi connectivity index (χ1v) is 8.86. The van der Waals surface area contributed by atoms with Gasteiger partial charge in [0, 0.05) is 16.2 Å². The summed E-state index contributed by atoms with van der Waals surface area (Å²) in [6.45, 7) is 2.01. The summed E-state index contributed by atoms with van der Waals surface area (Å²) in [4.78, 5) is 24.0. The number of carbonyl (C=O) groups is 2. The smallest absolute Gasteiger partial charge is 0.325 e. The zero-order valence-electron chi connectivity index (χ0n) is 13.0. The number of fused-ring (bicyclic) bond motifs is 2. The minimum absolute atomic E-state index is 0.0146. The molecule has 10 heteroatoms. The van der Waals surface area contributed by atoms with E-state index in [1.54, 1.807) is 19.1 Å². The monoisotopic (exact) mass is 400 g/mol. The molecule has 3 rings (SSSR count). The van der Waals surface area contributed by atoms with Crippen molar-refractivity contribution in [1.29, 1.82) is 0 Å². The van der Waals surface area contributed by atoms with Crippen molar-refractivity contribution in [3.63, 3.8) is 0 Å². The summed E-state index contributed by atoms with van der Waals surface area (Å²) in [7, 11) is 0. The van der Waals surface area contributed by atoms with E-state index in [2.05, 4.69) is 10.6 Å². The lowest BCUT2D eigenvalue weighted by Gasteiger charge is -2.08. The van der Waals surface area contributed by atoms with Crippen molar-refractivity contribution in [2.24, 2.45) is 0 Å². The highest BCUT2D eigenvalue weighted by atomic mass is 35.5. The minimum Gasteiger partial charge on any atom is -0.465 e. The molecule has 132 valence electrons. The Labute approximate surface area is 157 Å². The third-order valence-electron chi connectivity index (χ3n) is 3.25. The molecule has 2 heterocycles. The van der Waals surface area contributed by atoms with E-state index in [9.17, 15) is 9.59 Å². The van der Waals surface area contributed by atoms with Gasteiger partial charge in [-0.1, -0.05) is 11.6 Å². The maximum atomic E-state index is 12.4. The van der Waals surface area contributed by atoms with Gasteiger partial charge in [-0.25, -0.2) is 0 Å². The van der Waals surface area contributed by atoms with Crippen LogP contribution in [0, 0.1) is 0 Å². The summed E-state index contributed by atoms with van der Waals surface area (Å²) in [6, 6.07) is 3.52. The summed E-state index contributed by atoms with van der Waals surface area (Å²) >= 11 is 12.5. The van der Waals surface area contributed by atoms with E-state index in [1.807, 2.05) is 0 Å². The van der Waals surface area contributed by atoms with E-state index in [0.29, 0.717) is 26.8 Å². The number of thiocarbonyl (C=S) groups is 1. The third-order valence-corrected chi connectivity index (χ3v) is 5.16. The number of ether oxygens (including phenoxy) is 3. The lowest BCUT2D eigenvalue weighted by molar-refractivity contribution is -0.141. The molecule has 1 aliphatic rings. The SMILES string of the molecule is CCOC(=O)CNC(=S)NC(=O)c1sc2cc3c(cc2c1Cl)OCO3. The molecule has 0 spiro atoms. The van der Waals surface area contributed by atoms with Crippen molar-refractivity contribution in [3.05, 3.63) is 22.0 Å². The molecular formula is C15H13ClN2O5S2. The lowest BCUT2D eigenvalue weighted by Crippen LogP contribution is -2.41. The van der Waals surface area contributed by atoms with Crippen molar-refractivity contribution in [1.82, 2.24) is 10.6 Å². The van der Waals surface area contributed by atoms with Gasteiger partial charge in [-0.05, 0) is 25.2 Å². The molecule has 0 bridgehead atoms. The molecule has 1 aromatic carbocycles. The topological polar surface area (TPSA) is 85.9 Å². The Bertz CT molecular complexity index is 867. The molecule has 1 aromatic heterocycles. The summed E-state index contributed by atoms with van der Waals surface area (Å²) < 4.78 is 16.2. The van der Waals surface area contributed by atoms with E-state index in [1.165, 1.54) is 11.3 Å². The molecule has 0 atom stereocenters. The van der Waals surface area contributed by atoms with Crippen LogP contribution in [-0.2, 0) is 9.53 Å². The summed E-state index contributed by atoms with van der Waals surface area (Å²) in [5.74, 6) is 0.276. The summed E-state index contributed by atoms with van der Waals surface area (Å²) in [5.41, 5.74) is 0. The van der Waals surface area contributed by atoms with Crippen LogP contribution in [0.5, 0.6) is 11.5 Å². The first kappa shape index (κ1) is 17.7. The van der Waals surface area contributed by atoms with Crippen LogP contribution in [0.4, 0.5) is 0 Å². The number of rotatable bonds is 4. The molecule has 0 saturated carbocycles. The van der Waals surface area contributed by atoms with Gasteiger partial charge in [-0.15, -0.1) is 11.3 Å². The van der Waals surface area contributed by atoms with Crippen LogP contribution in [0.2, 0.25) is 5.02 Å². The van der Waals surface area contributed by atoms with Gasteiger partial charge in [0.05, 0.1) is 11.6 Å². The van der Waals surface area contributed by atoms with E-state index in [4.69, 9.17) is 38.0 Å². The Morgan fingerprint density at radius 1 is 1.36 bits per heavy atom. The second-order valence-electron chi connectivity index (χ2n) is 4.89. The standard InChI is InChI=1S/C15H13ClN2O5S2/c1-2-21-11(19)5-17-15(24)18-14(20)13-12(16)7-3-8-9(23-6-22-8)4-10(7)25-13/h3-4H,2,5-6H2,1H3,(H2,17,18,20,24).